The fraction of sp³-hybridized carbons (Fsp3) is 0.235. The molecular weight excluding hydrogens is 392 g/mol. The highest BCUT2D eigenvalue weighted by Gasteiger charge is 2.21. The van der Waals surface area contributed by atoms with Gasteiger partial charge in [-0.2, -0.15) is 4.31 Å². The number of rotatable bonds is 6. The maximum atomic E-state index is 12.3. The number of sulfonamides is 1. The minimum atomic E-state index is -3.51. The van der Waals surface area contributed by atoms with E-state index >= 15 is 0 Å². The zero-order chi connectivity index (χ0) is 17.7. The van der Waals surface area contributed by atoms with Gasteiger partial charge < -0.3 is 5.32 Å². The van der Waals surface area contributed by atoms with Gasteiger partial charge in [0.05, 0.1) is 18.5 Å². The molecule has 0 unspecified atom stereocenters. The van der Waals surface area contributed by atoms with Crippen molar-refractivity contribution in [1.82, 2.24) is 4.31 Å². The molecule has 1 amide bonds. The molecule has 0 spiro atoms. The van der Waals surface area contributed by atoms with Crippen LogP contribution in [0.5, 0.6) is 0 Å². The Morgan fingerprint density at radius 3 is 2.42 bits per heavy atom. The monoisotopic (exact) mass is 410 g/mol. The lowest BCUT2D eigenvalue weighted by atomic mass is 10.2. The predicted octanol–water partition coefficient (Wildman–Crippen LogP) is 3.16. The minimum Gasteiger partial charge on any atom is -0.324 e. The molecule has 24 heavy (non-hydrogen) atoms. The van der Waals surface area contributed by atoms with Crippen LogP contribution in [-0.4, -0.2) is 31.4 Å². The molecule has 2 aromatic rings. The van der Waals surface area contributed by atoms with E-state index in [1.54, 1.807) is 6.07 Å². The van der Waals surface area contributed by atoms with Crippen molar-refractivity contribution in [2.75, 3.05) is 18.1 Å². The number of benzene rings is 2. The van der Waals surface area contributed by atoms with Crippen LogP contribution in [-0.2, 0) is 21.4 Å². The third-order valence-corrected chi connectivity index (χ3v) is 5.24. The topological polar surface area (TPSA) is 66.5 Å². The van der Waals surface area contributed by atoms with Gasteiger partial charge in [-0.1, -0.05) is 36.4 Å². The molecular formula is C17H19BrN2O3S. The molecule has 2 rings (SSSR count). The van der Waals surface area contributed by atoms with Crippen LogP contribution in [0.15, 0.2) is 53.0 Å². The van der Waals surface area contributed by atoms with Crippen molar-refractivity contribution < 1.29 is 13.2 Å². The van der Waals surface area contributed by atoms with Gasteiger partial charge in [0.25, 0.3) is 0 Å². The molecule has 0 atom stereocenters. The Hall–Kier alpha value is -1.70. The van der Waals surface area contributed by atoms with Crippen LogP contribution in [0.2, 0.25) is 0 Å². The van der Waals surface area contributed by atoms with E-state index in [2.05, 4.69) is 21.2 Å². The number of amides is 1. The van der Waals surface area contributed by atoms with Gasteiger partial charge in [0.15, 0.2) is 0 Å². The Morgan fingerprint density at radius 1 is 1.17 bits per heavy atom. The van der Waals surface area contributed by atoms with Crippen molar-refractivity contribution in [3.63, 3.8) is 0 Å². The van der Waals surface area contributed by atoms with E-state index in [0.717, 1.165) is 26.2 Å². The van der Waals surface area contributed by atoms with E-state index in [0.29, 0.717) is 5.69 Å². The fourth-order valence-electron chi connectivity index (χ4n) is 2.15. The maximum absolute atomic E-state index is 12.3. The smallest absolute Gasteiger partial charge is 0.239 e. The molecule has 0 bridgehead atoms. The number of nitrogens with zero attached hydrogens (tertiary/aromatic N) is 1. The Kier molecular flexibility index (Phi) is 6.15. The molecule has 0 aliphatic rings. The van der Waals surface area contributed by atoms with E-state index < -0.39 is 10.0 Å². The van der Waals surface area contributed by atoms with Gasteiger partial charge in [-0.3, -0.25) is 4.79 Å². The highest BCUT2D eigenvalue weighted by Crippen LogP contribution is 2.23. The third-order valence-electron chi connectivity index (χ3n) is 3.39. The lowest BCUT2D eigenvalue weighted by Crippen LogP contribution is -2.36. The van der Waals surface area contributed by atoms with Crippen molar-refractivity contribution in [2.45, 2.75) is 13.5 Å². The summed E-state index contributed by atoms with van der Waals surface area (Å²) in [5, 5.41) is 2.73. The second-order valence-corrected chi connectivity index (χ2v) is 8.38. The molecule has 0 fully saturated rings. The Morgan fingerprint density at radius 2 is 1.83 bits per heavy atom. The number of anilines is 1. The Labute approximate surface area is 150 Å². The summed E-state index contributed by atoms with van der Waals surface area (Å²) < 4.78 is 25.9. The normalized spacial score (nSPS) is 11.5. The first kappa shape index (κ1) is 18.6. The van der Waals surface area contributed by atoms with Crippen LogP contribution in [0.25, 0.3) is 0 Å². The number of halogens is 1. The van der Waals surface area contributed by atoms with Gasteiger partial charge in [-0.15, -0.1) is 0 Å². The largest absolute Gasteiger partial charge is 0.324 e. The third kappa shape index (κ3) is 5.43. The summed E-state index contributed by atoms with van der Waals surface area (Å²) >= 11 is 3.39. The molecule has 128 valence electrons. The van der Waals surface area contributed by atoms with Crippen molar-refractivity contribution in [2.24, 2.45) is 0 Å². The zero-order valence-corrected chi connectivity index (χ0v) is 15.9. The molecule has 1 N–H and O–H groups in total. The minimum absolute atomic E-state index is 0.155. The van der Waals surface area contributed by atoms with Crippen LogP contribution >= 0.6 is 15.9 Å². The van der Waals surface area contributed by atoms with Crippen LogP contribution < -0.4 is 5.32 Å². The van der Waals surface area contributed by atoms with Gasteiger partial charge in [0, 0.05) is 11.0 Å². The van der Waals surface area contributed by atoms with Crippen molar-refractivity contribution in [1.29, 1.82) is 0 Å². The lowest BCUT2D eigenvalue weighted by Gasteiger charge is -2.20. The first-order chi connectivity index (χ1) is 11.3. The van der Waals surface area contributed by atoms with Gasteiger partial charge >= 0.3 is 0 Å². The molecule has 7 heteroatoms. The lowest BCUT2D eigenvalue weighted by molar-refractivity contribution is -0.116. The summed E-state index contributed by atoms with van der Waals surface area (Å²) in [5.74, 6) is -0.388. The Balaban J connectivity index is 2.10. The number of carbonyl (C=O) groups excluding carboxylic acids is 1. The predicted molar refractivity (Wildman–Crippen MR) is 99.2 cm³/mol. The fourth-order valence-corrected chi connectivity index (χ4v) is 3.48. The van der Waals surface area contributed by atoms with Crippen LogP contribution in [0, 0.1) is 6.92 Å². The first-order valence-electron chi connectivity index (χ1n) is 7.31. The number of nitrogens with one attached hydrogen (secondary N) is 1. The molecule has 0 aliphatic carbocycles. The van der Waals surface area contributed by atoms with Gasteiger partial charge in [-0.05, 0) is 46.1 Å². The SMILES string of the molecule is Cc1ccc(NC(=O)CN(Cc2ccccc2)S(C)(=O)=O)c(Br)c1. The van der Waals surface area contributed by atoms with Crippen LogP contribution in [0.3, 0.4) is 0 Å². The van der Waals surface area contributed by atoms with Crippen molar-refractivity contribution in [3.05, 3.63) is 64.1 Å². The van der Waals surface area contributed by atoms with Crippen molar-refractivity contribution in [3.8, 4) is 0 Å². The van der Waals surface area contributed by atoms with E-state index in [9.17, 15) is 13.2 Å². The van der Waals surface area contributed by atoms with E-state index in [-0.39, 0.29) is 19.0 Å². The van der Waals surface area contributed by atoms with Gasteiger partial charge in [0.2, 0.25) is 15.9 Å². The van der Waals surface area contributed by atoms with Gasteiger partial charge in [-0.25, -0.2) is 8.42 Å². The molecule has 5 nitrogen and oxygen atoms in total. The molecule has 0 aliphatic heterocycles. The van der Waals surface area contributed by atoms with E-state index in [1.165, 1.54) is 0 Å². The molecule has 0 saturated carbocycles. The second-order valence-electron chi connectivity index (χ2n) is 5.55. The summed E-state index contributed by atoms with van der Waals surface area (Å²) in [5.41, 5.74) is 2.49. The molecule has 0 radical (unpaired) electrons. The average Bonchev–Trinajstić information content (AvgIpc) is 2.49. The first-order valence-corrected chi connectivity index (χ1v) is 9.95. The zero-order valence-electron chi connectivity index (χ0n) is 13.5. The molecule has 0 heterocycles. The maximum Gasteiger partial charge on any atom is 0.239 e. The van der Waals surface area contributed by atoms with Crippen LogP contribution in [0.4, 0.5) is 5.69 Å². The number of hydrogen-bond donors (Lipinski definition) is 1. The quantitative estimate of drug-likeness (QED) is 0.794. The summed E-state index contributed by atoms with van der Waals surface area (Å²) in [7, 11) is -3.51. The molecule has 2 aromatic carbocycles. The Bertz CT molecular complexity index is 823. The van der Waals surface area contributed by atoms with E-state index in [4.69, 9.17) is 0 Å². The summed E-state index contributed by atoms with van der Waals surface area (Å²) in [6.07, 6.45) is 1.10. The average molecular weight is 411 g/mol. The number of hydrogen-bond acceptors (Lipinski definition) is 3. The highest BCUT2D eigenvalue weighted by atomic mass is 79.9. The second kappa shape index (κ2) is 7.92. The summed E-state index contributed by atoms with van der Waals surface area (Å²) in [6, 6.07) is 14.7. The molecule has 0 aromatic heterocycles. The van der Waals surface area contributed by atoms with E-state index in [1.807, 2.05) is 49.4 Å². The molecule has 0 saturated heterocycles. The summed E-state index contributed by atoms with van der Waals surface area (Å²) in [4.78, 5) is 12.3. The summed E-state index contributed by atoms with van der Waals surface area (Å²) in [6.45, 7) is 1.86. The van der Waals surface area contributed by atoms with Crippen molar-refractivity contribution >= 4 is 37.5 Å². The number of aryl methyl sites for hydroxylation is 1. The van der Waals surface area contributed by atoms with Gasteiger partial charge in [0.1, 0.15) is 0 Å². The standard InChI is InChI=1S/C17H19BrN2O3S/c1-13-8-9-16(15(18)10-13)19-17(21)12-20(24(2,22)23)11-14-6-4-3-5-7-14/h3-10H,11-12H2,1-2H3,(H,19,21). The van der Waals surface area contributed by atoms with Crippen LogP contribution in [0.1, 0.15) is 11.1 Å². The highest BCUT2D eigenvalue weighted by molar-refractivity contribution is 9.10. The number of carbonyl (C=O) groups is 1.